The summed E-state index contributed by atoms with van der Waals surface area (Å²) in [5.41, 5.74) is 5.34. The predicted octanol–water partition coefficient (Wildman–Crippen LogP) is -2.61. The molecule has 0 aliphatic heterocycles. The lowest BCUT2D eigenvalue weighted by molar-refractivity contribution is -0.144. The summed E-state index contributed by atoms with van der Waals surface area (Å²) < 4.78 is 0. The fourth-order valence-corrected chi connectivity index (χ4v) is 2.14. The van der Waals surface area contributed by atoms with Gasteiger partial charge in [-0.3, -0.25) is 19.2 Å². The number of carboxylic acids is 2. The Bertz CT molecular complexity index is 595. The van der Waals surface area contributed by atoms with Crippen LogP contribution in [0.3, 0.4) is 0 Å². The number of carbonyl (C=O) groups is 5. The summed E-state index contributed by atoms with van der Waals surface area (Å²) in [6.45, 7) is 3.99. The van der Waals surface area contributed by atoms with Gasteiger partial charge in [-0.2, -0.15) is 0 Å². The standard InChI is InChI=1S/C16H28N4O8/c1-4-7(2)12(16(27)28)20-15(26)13(8(3)21)19-10(22)6-18-14(25)9(17)5-11(23)24/h7-9,12-13,21H,4-6,17H2,1-3H3,(H,18,25)(H,19,22)(H,20,26)(H,23,24)(H,27,28). The predicted molar refractivity (Wildman–Crippen MR) is 95.9 cm³/mol. The maximum atomic E-state index is 12.3. The molecule has 0 rings (SSSR count). The van der Waals surface area contributed by atoms with Crippen molar-refractivity contribution < 1.29 is 39.3 Å². The number of aliphatic hydroxyl groups is 1. The van der Waals surface area contributed by atoms with E-state index in [1.165, 1.54) is 6.92 Å². The van der Waals surface area contributed by atoms with E-state index in [0.717, 1.165) is 0 Å². The molecule has 5 unspecified atom stereocenters. The largest absolute Gasteiger partial charge is 0.481 e. The zero-order valence-electron chi connectivity index (χ0n) is 16.0. The molecule has 0 saturated carbocycles. The van der Waals surface area contributed by atoms with Crippen molar-refractivity contribution in [3.05, 3.63) is 0 Å². The molecule has 0 aliphatic carbocycles. The van der Waals surface area contributed by atoms with Gasteiger partial charge in [0.05, 0.1) is 25.1 Å². The van der Waals surface area contributed by atoms with E-state index >= 15 is 0 Å². The van der Waals surface area contributed by atoms with Gasteiger partial charge in [0.2, 0.25) is 17.7 Å². The molecule has 5 atom stereocenters. The van der Waals surface area contributed by atoms with Gasteiger partial charge in [0, 0.05) is 0 Å². The van der Waals surface area contributed by atoms with E-state index in [2.05, 4.69) is 16.0 Å². The average Bonchev–Trinajstić information content (AvgIpc) is 2.59. The summed E-state index contributed by atoms with van der Waals surface area (Å²) in [6, 6.07) is -4.01. The van der Waals surface area contributed by atoms with Gasteiger partial charge < -0.3 is 37.0 Å². The summed E-state index contributed by atoms with van der Waals surface area (Å²) >= 11 is 0. The lowest BCUT2D eigenvalue weighted by Gasteiger charge is -2.25. The van der Waals surface area contributed by atoms with Crippen LogP contribution in [0.2, 0.25) is 0 Å². The second kappa shape index (κ2) is 11.9. The summed E-state index contributed by atoms with van der Waals surface area (Å²) in [6.07, 6.45) is -1.50. The van der Waals surface area contributed by atoms with Crippen LogP contribution in [-0.2, 0) is 24.0 Å². The maximum absolute atomic E-state index is 12.3. The Hall–Kier alpha value is -2.73. The van der Waals surface area contributed by atoms with Crippen LogP contribution in [0.1, 0.15) is 33.6 Å². The number of amides is 3. The van der Waals surface area contributed by atoms with E-state index in [1.807, 2.05) is 0 Å². The van der Waals surface area contributed by atoms with Crippen molar-refractivity contribution in [3.8, 4) is 0 Å². The second-order valence-electron chi connectivity index (χ2n) is 6.42. The molecule has 28 heavy (non-hydrogen) atoms. The number of rotatable bonds is 12. The van der Waals surface area contributed by atoms with E-state index in [1.54, 1.807) is 13.8 Å². The van der Waals surface area contributed by atoms with Crippen molar-refractivity contribution >= 4 is 29.7 Å². The third kappa shape index (κ3) is 8.77. The Balaban J connectivity index is 4.86. The van der Waals surface area contributed by atoms with Gasteiger partial charge in [-0.25, -0.2) is 4.79 Å². The third-order valence-electron chi connectivity index (χ3n) is 4.01. The van der Waals surface area contributed by atoms with Crippen molar-refractivity contribution in [1.82, 2.24) is 16.0 Å². The van der Waals surface area contributed by atoms with Gasteiger partial charge >= 0.3 is 11.9 Å². The number of aliphatic carboxylic acids is 2. The first-order valence-electron chi connectivity index (χ1n) is 8.66. The zero-order valence-corrected chi connectivity index (χ0v) is 16.0. The highest BCUT2D eigenvalue weighted by Crippen LogP contribution is 2.08. The minimum Gasteiger partial charge on any atom is -0.481 e. The first-order valence-corrected chi connectivity index (χ1v) is 8.66. The van der Waals surface area contributed by atoms with Crippen molar-refractivity contribution in [2.75, 3.05) is 6.54 Å². The third-order valence-corrected chi connectivity index (χ3v) is 4.01. The molecule has 0 aromatic rings. The molecule has 12 heteroatoms. The first kappa shape index (κ1) is 25.3. The highest BCUT2D eigenvalue weighted by atomic mass is 16.4. The van der Waals surface area contributed by atoms with Crippen LogP contribution in [0.5, 0.6) is 0 Å². The molecular formula is C16H28N4O8. The van der Waals surface area contributed by atoms with Gasteiger partial charge in [-0.05, 0) is 12.8 Å². The topological polar surface area (TPSA) is 208 Å². The molecule has 0 radical (unpaired) electrons. The summed E-state index contributed by atoms with van der Waals surface area (Å²) in [7, 11) is 0. The first-order chi connectivity index (χ1) is 12.9. The molecule has 0 aliphatic rings. The number of nitrogens with two attached hydrogens (primary N) is 1. The minimum atomic E-state index is -1.46. The van der Waals surface area contributed by atoms with Crippen LogP contribution in [-0.4, -0.2) is 75.8 Å². The smallest absolute Gasteiger partial charge is 0.326 e. The quantitative estimate of drug-likeness (QED) is 0.181. The van der Waals surface area contributed by atoms with Gasteiger partial charge in [-0.15, -0.1) is 0 Å². The van der Waals surface area contributed by atoms with Gasteiger partial charge in [0.25, 0.3) is 0 Å². The van der Waals surface area contributed by atoms with Crippen LogP contribution < -0.4 is 21.7 Å². The number of carboxylic acid groups (broad SMARTS) is 2. The van der Waals surface area contributed by atoms with Gasteiger partial charge in [0.1, 0.15) is 12.1 Å². The Morgan fingerprint density at radius 2 is 1.54 bits per heavy atom. The molecule has 0 aromatic carbocycles. The number of carbonyl (C=O) groups excluding carboxylic acids is 3. The summed E-state index contributed by atoms with van der Waals surface area (Å²) in [5, 5.41) is 34.1. The number of hydrogen-bond acceptors (Lipinski definition) is 7. The molecule has 0 heterocycles. The van der Waals surface area contributed by atoms with Crippen LogP contribution in [0.15, 0.2) is 0 Å². The highest BCUT2D eigenvalue weighted by molar-refractivity contribution is 5.93. The molecule has 0 spiro atoms. The van der Waals surface area contributed by atoms with E-state index in [-0.39, 0.29) is 5.92 Å². The molecule has 160 valence electrons. The van der Waals surface area contributed by atoms with E-state index in [9.17, 15) is 34.2 Å². The summed E-state index contributed by atoms with van der Waals surface area (Å²) in [5.74, 6) is -5.55. The summed E-state index contributed by atoms with van der Waals surface area (Å²) in [4.78, 5) is 57.6. The molecule has 0 saturated heterocycles. The molecule has 0 bridgehead atoms. The normalized spacial score (nSPS) is 16.0. The minimum absolute atomic E-state index is 0.387. The van der Waals surface area contributed by atoms with Crippen molar-refractivity contribution in [2.45, 2.75) is 57.8 Å². The van der Waals surface area contributed by atoms with Crippen LogP contribution in [0.4, 0.5) is 0 Å². The van der Waals surface area contributed by atoms with Crippen molar-refractivity contribution in [1.29, 1.82) is 0 Å². The molecule has 0 fully saturated rings. The van der Waals surface area contributed by atoms with E-state index in [0.29, 0.717) is 6.42 Å². The fourth-order valence-electron chi connectivity index (χ4n) is 2.14. The lowest BCUT2D eigenvalue weighted by Crippen LogP contribution is -2.58. The van der Waals surface area contributed by atoms with Gasteiger partial charge in [0.15, 0.2) is 0 Å². The Morgan fingerprint density at radius 1 is 0.964 bits per heavy atom. The Kier molecular flexibility index (Phi) is 10.7. The number of nitrogens with one attached hydrogen (secondary N) is 3. The monoisotopic (exact) mass is 404 g/mol. The maximum Gasteiger partial charge on any atom is 0.326 e. The number of hydrogen-bond donors (Lipinski definition) is 7. The molecule has 8 N–H and O–H groups in total. The number of aliphatic hydroxyl groups excluding tert-OH is 1. The highest BCUT2D eigenvalue weighted by Gasteiger charge is 2.32. The molecule has 0 aromatic heterocycles. The van der Waals surface area contributed by atoms with Crippen LogP contribution >= 0.6 is 0 Å². The average molecular weight is 404 g/mol. The lowest BCUT2D eigenvalue weighted by atomic mass is 9.98. The van der Waals surface area contributed by atoms with E-state index < -0.39 is 66.9 Å². The SMILES string of the molecule is CCC(C)C(NC(=O)C(NC(=O)CNC(=O)C(N)CC(=O)O)C(C)O)C(=O)O. The van der Waals surface area contributed by atoms with Crippen molar-refractivity contribution in [3.63, 3.8) is 0 Å². The van der Waals surface area contributed by atoms with Crippen molar-refractivity contribution in [2.24, 2.45) is 11.7 Å². The van der Waals surface area contributed by atoms with E-state index in [4.69, 9.17) is 10.8 Å². The zero-order chi connectivity index (χ0) is 22.0. The fraction of sp³-hybridized carbons (Fsp3) is 0.688. The molecule has 3 amide bonds. The Labute approximate surface area is 161 Å². The molecular weight excluding hydrogens is 376 g/mol. The Morgan fingerprint density at radius 3 is 1.96 bits per heavy atom. The molecule has 12 nitrogen and oxygen atoms in total. The van der Waals surface area contributed by atoms with Gasteiger partial charge in [-0.1, -0.05) is 20.3 Å². The van der Waals surface area contributed by atoms with Crippen LogP contribution in [0, 0.1) is 5.92 Å². The second-order valence-corrected chi connectivity index (χ2v) is 6.42. The van der Waals surface area contributed by atoms with Crippen LogP contribution in [0.25, 0.3) is 0 Å².